The van der Waals surface area contributed by atoms with E-state index < -0.39 is 0 Å². The summed E-state index contributed by atoms with van der Waals surface area (Å²) in [5.74, 6) is 0. The Labute approximate surface area is 134 Å². The van der Waals surface area contributed by atoms with Crippen LogP contribution in [0.2, 0.25) is 0 Å². The molecule has 5 nitrogen and oxygen atoms in total. The zero-order chi connectivity index (χ0) is 15.5. The Morgan fingerprint density at radius 3 is 3.27 bits per heavy atom. The Morgan fingerprint density at radius 1 is 1.59 bits per heavy atom. The van der Waals surface area contributed by atoms with Gasteiger partial charge in [-0.2, -0.15) is 0 Å². The van der Waals surface area contributed by atoms with Gasteiger partial charge in [-0.05, 0) is 42.8 Å². The molecule has 0 unspecified atom stereocenters. The van der Waals surface area contributed by atoms with Crippen LogP contribution in [0.3, 0.4) is 0 Å². The van der Waals surface area contributed by atoms with Crippen molar-refractivity contribution in [3.63, 3.8) is 0 Å². The zero-order valence-electron chi connectivity index (χ0n) is 12.9. The number of hydrogen-bond acceptors (Lipinski definition) is 5. The van der Waals surface area contributed by atoms with E-state index in [0.29, 0.717) is 12.6 Å². The predicted octanol–water partition coefficient (Wildman–Crippen LogP) is 3.18. The van der Waals surface area contributed by atoms with Crippen LogP contribution in [0, 0.1) is 0 Å². The van der Waals surface area contributed by atoms with Crippen molar-refractivity contribution in [3.05, 3.63) is 29.3 Å². The zero-order valence-corrected chi connectivity index (χ0v) is 13.7. The first kappa shape index (κ1) is 15.2. The highest BCUT2D eigenvalue weighted by molar-refractivity contribution is 7.17. The minimum Gasteiger partial charge on any atom is -0.453 e. The third-order valence-corrected chi connectivity index (χ3v) is 5.02. The number of hydrogen-bond donors (Lipinski definition) is 1. The van der Waals surface area contributed by atoms with Crippen LogP contribution in [0.15, 0.2) is 23.7 Å². The number of aromatic nitrogens is 1. The molecule has 1 fully saturated rings. The van der Waals surface area contributed by atoms with E-state index in [2.05, 4.69) is 28.7 Å². The molecule has 0 bridgehead atoms. The van der Waals surface area contributed by atoms with E-state index in [9.17, 15) is 4.79 Å². The lowest BCUT2D eigenvalue weighted by Gasteiger charge is -2.33. The van der Waals surface area contributed by atoms with E-state index in [4.69, 9.17) is 4.74 Å². The van der Waals surface area contributed by atoms with E-state index in [0.717, 1.165) is 24.9 Å². The fourth-order valence-corrected chi connectivity index (χ4v) is 3.75. The molecule has 2 aromatic heterocycles. The standard InChI is InChI=1S/C16H21N3O2S/c1-11(12-8-15-14(17-9-12)5-7-22-15)18-13-4-3-6-19(10-13)16(20)21-2/h5,7-9,11,13,18H,3-4,6,10H2,1-2H3/t11-,13-/m0/s1. The Morgan fingerprint density at radius 2 is 2.45 bits per heavy atom. The molecule has 0 saturated carbocycles. The number of amides is 1. The predicted molar refractivity (Wildman–Crippen MR) is 88.2 cm³/mol. The van der Waals surface area contributed by atoms with E-state index in [1.54, 1.807) is 16.2 Å². The SMILES string of the molecule is COC(=O)N1CCC[C@H](N[C@@H](C)c2cnc3ccsc3c2)C1. The topological polar surface area (TPSA) is 54.5 Å². The fourth-order valence-electron chi connectivity index (χ4n) is 2.96. The molecule has 1 saturated heterocycles. The molecular formula is C16H21N3O2S. The highest BCUT2D eigenvalue weighted by Gasteiger charge is 2.25. The first-order chi connectivity index (χ1) is 10.7. The lowest BCUT2D eigenvalue weighted by atomic mass is 10.0. The Kier molecular flexibility index (Phi) is 4.59. The van der Waals surface area contributed by atoms with Crippen LogP contribution in [0.1, 0.15) is 31.4 Å². The first-order valence-corrected chi connectivity index (χ1v) is 8.47. The number of likely N-dealkylation sites (tertiary alicyclic amines) is 1. The molecule has 1 N–H and O–H groups in total. The van der Waals surface area contributed by atoms with Gasteiger partial charge in [-0.3, -0.25) is 4.98 Å². The van der Waals surface area contributed by atoms with Crippen LogP contribution in [-0.2, 0) is 4.74 Å². The van der Waals surface area contributed by atoms with Crippen molar-refractivity contribution in [2.45, 2.75) is 31.8 Å². The van der Waals surface area contributed by atoms with Crippen LogP contribution in [0.25, 0.3) is 10.2 Å². The van der Waals surface area contributed by atoms with E-state index in [1.165, 1.54) is 17.4 Å². The van der Waals surface area contributed by atoms with Crippen LogP contribution >= 0.6 is 11.3 Å². The highest BCUT2D eigenvalue weighted by atomic mass is 32.1. The summed E-state index contributed by atoms with van der Waals surface area (Å²) in [6, 6.07) is 4.74. The highest BCUT2D eigenvalue weighted by Crippen LogP contribution is 2.23. The Bertz CT molecular complexity index is 658. The third-order valence-electron chi connectivity index (χ3n) is 4.16. The summed E-state index contributed by atoms with van der Waals surface area (Å²) in [6.45, 7) is 3.63. The number of ether oxygens (including phenoxy) is 1. The van der Waals surface area contributed by atoms with Crippen molar-refractivity contribution in [2.24, 2.45) is 0 Å². The van der Waals surface area contributed by atoms with Gasteiger partial charge in [0.2, 0.25) is 0 Å². The average molecular weight is 319 g/mol. The number of carbonyl (C=O) groups is 1. The molecule has 118 valence electrons. The molecular weight excluding hydrogens is 298 g/mol. The lowest BCUT2D eigenvalue weighted by Crippen LogP contribution is -2.48. The summed E-state index contributed by atoms with van der Waals surface area (Å²) in [7, 11) is 1.43. The summed E-state index contributed by atoms with van der Waals surface area (Å²) in [5, 5.41) is 5.68. The molecule has 0 aliphatic carbocycles. The van der Waals surface area contributed by atoms with Crippen molar-refractivity contribution in [3.8, 4) is 0 Å². The second kappa shape index (κ2) is 6.62. The molecule has 6 heteroatoms. The van der Waals surface area contributed by atoms with Crippen molar-refractivity contribution < 1.29 is 9.53 Å². The van der Waals surface area contributed by atoms with Crippen LogP contribution < -0.4 is 5.32 Å². The molecule has 1 aliphatic rings. The van der Waals surface area contributed by atoms with Crippen LogP contribution in [0.5, 0.6) is 0 Å². The summed E-state index contributed by atoms with van der Waals surface area (Å²) in [4.78, 5) is 17.9. The molecule has 2 atom stereocenters. The monoisotopic (exact) mass is 319 g/mol. The van der Waals surface area contributed by atoms with Crippen molar-refractivity contribution in [1.82, 2.24) is 15.2 Å². The largest absolute Gasteiger partial charge is 0.453 e. The maximum atomic E-state index is 11.7. The summed E-state index contributed by atoms with van der Waals surface area (Å²) < 4.78 is 6.03. The molecule has 0 radical (unpaired) electrons. The number of carbonyl (C=O) groups excluding carboxylic acids is 1. The second-order valence-electron chi connectivity index (χ2n) is 5.72. The molecule has 1 amide bonds. The van der Waals surface area contributed by atoms with Crippen molar-refractivity contribution in [2.75, 3.05) is 20.2 Å². The average Bonchev–Trinajstić information content (AvgIpc) is 3.01. The number of pyridine rings is 1. The molecule has 2 aromatic rings. The first-order valence-electron chi connectivity index (χ1n) is 7.59. The van der Waals surface area contributed by atoms with E-state index in [1.807, 2.05) is 12.3 Å². The molecule has 0 spiro atoms. The Hall–Kier alpha value is -1.66. The molecule has 3 heterocycles. The van der Waals surface area contributed by atoms with Crippen LogP contribution in [0.4, 0.5) is 4.79 Å². The smallest absolute Gasteiger partial charge is 0.409 e. The van der Waals surface area contributed by atoms with Gasteiger partial charge in [-0.15, -0.1) is 11.3 Å². The van der Waals surface area contributed by atoms with Gasteiger partial charge >= 0.3 is 6.09 Å². The maximum absolute atomic E-state index is 11.7. The molecule has 1 aliphatic heterocycles. The third kappa shape index (κ3) is 3.23. The van der Waals surface area contributed by atoms with Crippen molar-refractivity contribution in [1.29, 1.82) is 0 Å². The fraction of sp³-hybridized carbons (Fsp3) is 0.500. The number of thiophene rings is 1. The quantitative estimate of drug-likeness (QED) is 0.944. The molecule has 3 rings (SSSR count). The number of nitrogens with zero attached hydrogens (tertiary/aromatic N) is 2. The number of piperidine rings is 1. The van der Waals surface area contributed by atoms with Gasteiger partial charge in [-0.25, -0.2) is 4.79 Å². The lowest BCUT2D eigenvalue weighted by molar-refractivity contribution is 0.106. The summed E-state index contributed by atoms with van der Waals surface area (Å²) in [6.07, 6.45) is 3.78. The normalized spacial score (nSPS) is 20.1. The van der Waals surface area contributed by atoms with Gasteiger partial charge in [0.05, 0.1) is 17.3 Å². The number of methoxy groups -OCH3 is 1. The molecule has 22 heavy (non-hydrogen) atoms. The molecule has 0 aromatic carbocycles. The second-order valence-corrected chi connectivity index (χ2v) is 6.66. The van der Waals surface area contributed by atoms with Gasteiger partial charge in [-0.1, -0.05) is 0 Å². The minimum absolute atomic E-state index is 0.210. The minimum atomic E-state index is -0.235. The Balaban J connectivity index is 1.65. The summed E-state index contributed by atoms with van der Waals surface area (Å²) in [5.41, 5.74) is 2.24. The van der Waals surface area contributed by atoms with Gasteiger partial charge in [0, 0.05) is 31.4 Å². The van der Waals surface area contributed by atoms with Gasteiger partial charge in [0.1, 0.15) is 0 Å². The number of fused-ring (bicyclic) bond motifs is 1. The van der Waals surface area contributed by atoms with Gasteiger partial charge in [0.15, 0.2) is 0 Å². The van der Waals surface area contributed by atoms with Gasteiger partial charge in [0.25, 0.3) is 0 Å². The number of nitrogens with one attached hydrogen (secondary N) is 1. The van der Waals surface area contributed by atoms with Gasteiger partial charge < -0.3 is 15.0 Å². The van der Waals surface area contributed by atoms with Crippen LogP contribution in [-0.4, -0.2) is 42.2 Å². The summed E-state index contributed by atoms with van der Waals surface area (Å²) >= 11 is 1.71. The van der Waals surface area contributed by atoms with E-state index in [-0.39, 0.29) is 12.1 Å². The van der Waals surface area contributed by atoms with E-state index >= 15 is 0 Å². The maximum Gasteiger partial charge on any atom is 0.409 e. The van der Waals surface area contributed by atoms with Crippen molar-refractivity contribution >= 4 is 27.6 Å². The number of rotatable bonds is 3.